The number of halogens is 3. The Balaban J connectivity index is 1.97. The molecule has 0 saturated carbocycles. The van der Waals surface area contributed by atoms with Gasteiger partial charge in [0.1, 0.15) is 0 Å². The number of nitrogens with zero attached hydrogens (tertiary/aromatic N) is 1. The maximum atomic E-state index is 12.4. The van der Waals surface area contributed by atoms with Gasteiger partial charge in [0.05, 0.1) is 5.84 Å². The van der Waals surface area contributed by atoms with Gasteiger partial charge in [0.15, 0.2) is 6.04 Å². The van der Waals surface area contributed by atoms with Gasteiger partial charge >= 0.3 is 6.18 Å². The third-order valence-electron chi connectivity index (χ3n) is 3.71. The number of hydrogen-bond acceptors (Lipinski definition) is 2. The molecule has 1 unspecified atom stereocenters. The highest BCUT2D eigenvalue weighted by molar-refractivity contribution is 5.83. The number of unbranched alkanes of at least 4 members (excludes halogenated alkanes) is 8. The van der Waals surface area contributed by atoms with E-state index in [1.807, 2.05) is 0 Å². The van der Waals surface area contributed by atoms with E-state index in [1.54, 1.807) is 0 Å². The molecule has 1 heterocycles. The van der Waals surface area contributed by atoms with Gasteiger partial charge in [-0.05, 0) is 6.42 Å². The minimum Gasteiger partial charge on any atom is -0.371 e. The maximum Gasteiger partial charge on any atom is 0.412 e. The molecule has 0 aromatic heterocycles. The second-order valence-electron chi connectivity index (χ2n) is 5.59. The molecule has 0 aromatic carbocycles. The van der Waals surface area contributed by atoms with Crippen LogP contribution < -0.4 is 5.32 Å². The van der Waals surface area contributed by atoms with Gasteiger partial charge in [-0.1, -0.05) is 58.3 Å². The lowest BCUT2D eigenvalue weighted by Gasteiger charge is -2.09. The summed E-state index contributed by atoms with van der Waals surface area (Å²) >= 11 is 0. The molecule has 1 aliphatic heterocycles. The van der Waals surface area contributed by atoms with E-state index in [0.717, 1.165) is 12.8 Å². The van der Waals surface area contributed by atoms with Crippen molar-refractivity contribution in [1.29, 1.82) is 0 Å². The van der Waals surface area contributed by atoms with Crippen LogP contribution in [0.25, 0.3) is 0 Å². The van der Waals surface area contributed by atoms with Crippen LogP contribution in [0.2, 0.25) is 0 Å². The van der Waals surface area contributed by atoms with Gasteiger partial charge < -0.3 is 5.32 Å². The molecule has 0 fully saturated rings. The first-order valence-corrected chi connectivity index (χ1v) is 7.91. The number of amidine groups is 1. The topological polar surface area (TPSA) is 24.4 Å². The van der Waals surface area contributed by atoms with Gasteiger partial charge in [-0.25, -0.2) is 0 Å². The van der Waals surface area contributed by atoms with Crippen LogP contribution in [0.3, 0.4) is 0 Å². The third kappa shape index (κ3) is 7.15. The molecular formula is C15H27F3N2. The van der Waals surface area contributed by atoms with E-state index in [1.165, 1.54) is 44.9 Å². The lowest BCUT2D eigenvalue weighted by atomic mass is 10.1. The van der Waals surface area contributed by atoms with Crippen molar-refractivity contribution in [3.05, 3.63) is 0 Å². The van der Waals surface area contributed by atoms with Gasteiger partial charge in [-0.3, -0.25) is 4.99 Å². The van der Waals surface area contributed by atoms with Gasteiger partial charge in [0.25, 0.3) is 0 Å². The Morgan fingerprint density at radius 2 is 1.55 bits per heavy atom. The Labute approximate surface area is 120 Å². The summed E-state index contributed by atoms with van der Waals surface area (Å²) in [4.78, 5) is 3.71. The summed E-state index contributed by atoms with van der Waals surface area (Å²) in [7, 11) is 0. The molecule has 118 valence electrons. The quantitative estimate of drug-likeness (QED) is 0.572. The van der Waals surface area contributed by atoms with Crippen LogP contribution in [0.15, 0.2) is 4.99 Å². The van der Waals surface area contributed by atoms with E-state index in [9.17, 15) is 13.2 Å². The van der Waals surface area contributed by atoms with E-state index in [4.69, 9.17) is 0 Å². The summed E-state index contributed by atoms with van der Waals surface area (Å²) in [6.07, 6.45) is 7.43. The largest absolute Gasteiger partial charge is 0.412 e. The molecule has 1 atom stereocenters. The second-order valence-corrected chi connectivity index (χ2v) is 5.59. The van der Waals surface area contributed by atoms with E-state index in [2.05, 4.69) is 17.2 Å². The van der Waals surface area contributed by atoms with Crippen molar-refractivity contribution in [2.24, 2.45) is 4.99 Å². The van der Waals surface area contributed by atoms with Crippen LogP contribution >= 0.6 is 0 Å². The highest BCUT2D eigenvalue weighted by Gasteiger charge is 2.41. The smallest absolute Gasteiger partial charge is 0.371 e. The number of hydrogen-bond donors (Lipinski definition) is 1. The minimum absolute atomic E-state index is 0.0870. The first-order chi connectivity index (χ1) is 9.54. The zero-order valence-corrected chi connectivity index (χ0v) is 12.4. The first kappa shape index (κ1) is 17.3. The standard InChI is InChI=1S/C15H27F3N2/c1-2-3-4-5-6-7-8-9-10-11-14-19-12-13(20-14)15(16,17)18/h13H,2-12H2,1H3,(H,19,20). The van der Waals surface area contributed by atoms with Crippen LogP contribution in [0.5, 0.6) is 0 Å². The zero-order valence-electron chi connectivity index (χ0n) is 12.4. The monoisotopic (exact) mass is 292 g/mol. The van der Waals surface area contributed by atoms with Crippen LogP contribution in [0.4, 0.5) is 13.2 Å². The molecule has 20 heavy (non-hydrogen) atoms. The van der Waals surface area contributed by atoms with Gasteiger partial charge in [-0.2, -0.15) is 13.2 Å². The average molecular weight is 292 g/mol. The normalized spacial score (nSPS) is 19.0. The van der Waals surface area contributed by atoms with E-state index >= 15 is 0 Å². The molecule has 0 saturated heterocycles. The Bertz CT molecular complexity index is 287. The van der Waals surface area contributed by atoms with E-state index in [-0.39, 0.29) is 6.54 Å². The van der Waals surface area contributed by atoms with Gasteiger partial charge in [-0.15, -0.1) is 0 Å². The Kier molecular flexibility index (Phi) is 8.00. The number of aliphatic imine (C=N–C) groups is 1. The highest BCUT2D eigenvalue weighted by atomic mass is 19.4. The molecule has 0 aromatic rings. The Morgan fingerprint density at radius 3 is 2.05 bits per heavy atom. The molecule has 0 aliphatic carbocycles. The van der Waals surface area contributed by atoms with Crippen molar-refractivity contribution in [3.63, 3.8) is 0 Å². The van der Waals surface area contributed by atoms with E-state index in [0.29, 0.717) is 12.3 Å². The fourth-order valence-electron chi connectivity index (χ4n) is 2.44. The lowest BCUT2D eigenvalue weighted by Crippen LogP contribution is -2.31. The molecule has 0 bridgehead atoms. The zero-order chi connectivity index (χ0) is 14.8. The summed E-state index contributed by atoms with van der Waals surface area (Å²) < 4.78 is 37.2. The van der Waals surface area contributed by atoms with Crippen molar-refractivity contribution in [2.75, 3.05) is 6.54 Å². The molecular weight excluding hydrogens is 265 g/mol. The van der Waals surface area contributed by atoms with Gasteiger partial charge in [0, 0.05) is 13.0 Å². The molecule has 1 rings (SSSR count). The van der Waals surface area contributed by atoms with Crippen molar-refractivity contribution in [1.82, 2.24) is 5.32 Å². The van der Waals surface area contributed by atoms with Crippen LogP contribution in [-0.4, -0.2) is 24.6 Å². The van der Waals surface area contributed by atoms with Crippen LogP contribution in [0, 0.1) is 0 Å². The summed E-state index contributed by atoms with van der Waals surface area (Å²) in [5.74, 6) is 0.537. The molecule has 1 aliphatic rings. The molecule has 2 nitrogen and oxygen atoms in total. The van der Waals surface area contributed by atoms with E-state index < -0.39 is 12.2 Å². The van der Waals surface area contributed by atoms with Crippen molar-refractivity contribution in [2.45, 2.75) is 83.4 Å². The predicted octanol–water partition coefficient (Wildman–Crippen LogP) is 4.84. The number of rotatable bonds is 10. The minimum atomic E-state index is -4.20. The lowest BCUT2D eigenvalue weighted by molar-refractivity contribution is -0.143. The fourth-order valence-corrected chi connectivity index (χ4v) is 2.44. The van der Waals surface area contributed by atoms with Crippen molar-refractivity contribution < 1.29 is 13.2 Å². The van der Waals surface area contributed by atoms with Gasteiger partial charge in [0.2, 0.25) is 0 Å². The second kappa shape index (κ2) is 9.24. The van der Waals surface area contributed by atoms with Crippen LogP contribution in [0.1, 0.15) is 71.1 Å². The Morgan fingerprint density at radius 1 is 1.00 bits per heavy atom. The highest BCUT2D eigenvalue weighted by Crippen LogP contribution is 2.25. The summed E-state index contributed by atoms with van der Waals surface area (Å²) in [6.45, 7) is 2.12. The molecule has 1 N–H and O–H groups in total. The molecule has 5 heteroatoms. The molecule has 0 amide bonds. The Hall–Kier alpha value is -0.740. The number of nitrogens with one attached hydrogen (secondary N) is 1. The summed E-state index contributed by atoms with van der Waals surface area (Å²) in [5, 5.41) is 2.77. The summed E-state index contributed by atoms with van der Waals surface area (Å²) in [6, 6.07) is -1.53. The maximum absolute atomic E-state index is 12.4. The first-order valence-electron chi connectivity index (χ1n) is 7.91. The number of alkyl halides is 3. The van der Waals surface area contributed by atoms with Crippen molar-refractivity contribution in [3.8, 4) is 0 Å². The fraction of sp³-hybridized carbons (Fsp3) is 0.933. The average Bonchev–Trinajstić information content (AvgIpc) is 2.85. The van der Waals surface area contributed by atoms with Crippen LogP contribution in [-0.2, 0) is 0 Å². The SMILES string of the molecule is CCCCCCCCCCCC1=NC(C(F)(F)F)CN1. The molecule has 0 spiro atoms. The van der Waals surface area contributed by atoms with Crippen molar-refractivity contribution >= 4 is 5.84 Å². The molecule has 0 radical (unpaired) electrons. The predicted molar refractivity (Wildman–Crippen MR) is 77.1 cm³/mol. The summed E-state index contributed by atoms with van der Waals surface area (Å²) in [5.41, 5.74) is 0. The third-order valence-corrected chi connectivity index (χ3v) is 3.71.